The van der Waals surface area contributed by atoms with Crippen LogP contribution in [0.3, 0.4) is 0 Å². The number of nitrogens with one attached hydrogen (secondary N) is 1. The van der Waals surface area contributed by atoms with Crippen molar-refractivity contribution in [2.75, 3.05) is 26.2 Å². The maximum atomic E-state index is 9.66. The molecular weight excluding hydrogens is 382 g/mol. The number of rotatable bonds is 10. The van der Waals surface area contributed by atoms with Crippen LogP contribution in [0.25, 0.3) is 0 Å². The third-order valence-corrected chi connectivity index (χ3v) is 1.88. The van der Waals surface area contributed by atoms with E-state index in [2.05, 4.69) is 5.32 Å². The van der Waals surface area contributed by atoms with E-state index >= 15 is 0 Å². The van der Waals surface area contributed by atoms with Crippen LogP contribution < -0.4 is 27.0 Å². The summed E-state index contributed by atoms with van der Waals surface area (Å²) in [6.07, 6.45) is 1.78. The minimum atomic E-state index is -1.23. The quantitative estimate of drug-likeness (QED) is 0.228. The summed E-state index contributed by atoms with van der Waals surface area (Å²) in [5.74, 6) is -2.45. The maximum Gasteiger partial charge on any atom is 2.00 e. The molecule has 13 heteroatoms. The zero-order chi connectivity index (χ0) is 14.2. The number of hydrogen-bond acceptors (Lipinski definition) is 7. The molecule has 0 heterocycles. The van der Waals surface area contributed by atoms with Crippen molar-refractivity contribution in [1.82, 2.24) is 5.32 Å². The van der Waals surface area contributed by atoms with Gasteiger partial charge in [-0.25, -0.2) is 0 Å². The van der Waals surface area contributed by atoms with Gasteiger partial charge in [0.05, 0.1) is 0 Å². The predicted octanol–water partition coefficient (Wildman–Crippen LogP) is -7.20. The molecule has 1 radical (unpaired) electrons. The van der Waals surface area contributed by atoms with Crippen LogP contribution >= 0.6 is 0 Å². The molecule has 0 unspecified atom stereocenters. The predicted molar refractivity (Wildman–Crippen MR) is 82.1 cm³/mol. The Morgan fingerprint density at radius 1 is 0.708 bits per heavy atom. The van der Waals surface area contributed by atoms with E-state index in [1.54, 1.807) is 0 Å². The van der Waals surface area contributed by atoms with Crippen molar-refractivity contribution in [2.45, 2.75) is 32.1 Å². The molecule has 0 aromatic rings. The van der Waals surface area contributed by atoms with Gasteiger partial charge in [-0.2, -0.15) is 0 Å². The molecule has 0 aromatic carbocycles. The van der Waals surface area contributed by atoms with E-state index in [1.165, 1.54) is 0 Å². The molecule has 0 aromatic heterocycles. The third-order valence-electron chi connectivity index (χ3n) is 1.88. The second-order valence-electron chi connectivity index (χ2n) is 3.63. The second-order valence-corrected chi connectivity index (χ2v) is 3.63. The molecule has 0 fully saturated rings. The summed E-state index contributed by atoms with van der Waals surface area (Å²) in [5, 5.41) is 22.5. The molecule has 15 N–H and O–H groups in total. The van der Waals surface area contributed by atoms with E-state index in [0.29, 0.717) is 0 Å². The molecule has 0 atom stereocenters. The average molecular weight is 415 g/mol. The van der Waals surface area contributed by atoms with Crippen LogP contribution in [0, 0.1) is 0 Å². The van der Waals surface area contributed by atoms with Gasteiger partial charge in [-0.05, 0) is 58.3 Å². The summed E-state index contributed by atoms with van der Waals surface area (Å²) in [5.41, 5.74) is 10.6. The smallest absolute Gasteiger partial charge is 0.550 e. The zero-order valence-corrected chi connectivity index (χ0v) is 14.4. The molecule has 0 saturated carbocycles. The molecule has 0 aliphatic carbocycles. The molecule has 0 saturated heterocycles. The van der Waals surface area contributed by atoms with Gasteiger partial charge in [0, 0.05) is 11.9 Å². The summed E-state index contributed by atoms with van der Waals surface area (Å²) in [6, 6.07) is 0. The molecule has 0 aliphatic heterocycles. The van der Waals surface area contributed by atoms with Gasteiger partial charge in [-0.3, -0.25) is 0 Å². The van der Waals surface area contributed by atoms with Crippen molar-refractivity contribution in [1.29, 1.82) is 0 Å². The Kier molecular flexibility index (Phi) is 89.0. The number of carboxylic acid groups (broad SMARTS) is 2. The average Bonchev–Trinajstić information content (AvgIpc) is 2.29. The number of nitrogens with two attached hydrogens (primary N) is 2. The van der Waals surface area contributed by atoms with Gasteiger partial charge in [0.2, 0.25) is 0 Å². The van der Waals surface area contributed by atoms with Gasteiger partial charge in [-0.15, -0.1) is 0 Å². The van der Waals surface area contributed by atoms with Crippen molar-refractivity contribution in [3.63, 3.8) is 0 Å². The molecule has 0 bridgehead atoms. The number of carbonyl (C=O) groups excluding carboxylic acids is 2. The minimum absolute atomic E-state index is 0. The van der Waals surface area contributed by atoms with Crippen LogP contribution in [-0.4, -0.2) is 65.5 Å². The first-order chi connectivity index (χ1) is 8.54. The second kappa shape index (κ2) is 43.2. The largest absolute Gasteiger partial charge is 2.00 e. The van der Waals surface area contributed by atoms with Crippen LogP contribution in [0.4, 0.5) is 0 Å². The monoisotopic (exact) mass is 414 g/mol. The fraction of sp³-hybridized carbons (Fsp3) is 0.818. The van der Waals surface area contributed by atoms with E-state index in [-0.39, 0.29) is 63.7 Å². The summed E-state index contributed by atoms with van der Waals surface area (Å²) in [4.78, 5) is 19.3. The fourth-order valence-electron chi connectivity index (χ4n) is 0.956. The normalized spacial score (nSPS) is 7.08. The van der Waals surface area contributed by atoms with E-state index in [1.807, 2.05) is 0 Å². The number of aliphatic carboxylic acids is 2. The van der Waals surface area contributed by atoms with E-state index < -0.39 is 11.9 Å². The Hall–Kier alpha value is -0.861. The van der Waals surface area contributed by atoms with E-state index in [4.69, 9.17) is 11.5 Å². The van der Waals surface area contributed by atoms with Crippen LogP contribution in [0.2, 0.25) is 0 Å². The van der Waals surface area contributed by atoms with Crippen molar-refractivity contribution in [3.8, 4) is 0 Å². The molecule has 0 rings (SSSR count). The number of hydrogen-bond donors (Lipinski definition) is 3. The van der Waals surface area contributed by atoms with Crippen molar-refractivity contribution >= 4 is 11.9 Å². The summed E-state index contributed by atoms with van der Waals surface area (Å²) < 4.78 is 0. The molecule has 24 heavy (non-hydrogen) atoms. The molecule has 0 aliphatic rings. The summed E-state index contributed by atoms with van der Waals surface area (Å²) in [6.45, 7) is 3.60. The van der Waals surface area contributed by atoms with Crippen molar-refractivity contribution in [3.05, 3.63) is 0 Å². The van der Waals surface area contributed by atoms with Gasteiger partial charge in [0.1, 0.15) is 0 Å². The molecule has 157 valence electrons. The van der Waals surface area contributed by atoms with Crippen LogP contribution in [0.15, 0.2) is 0 Å². The first-order valence-corrected chi connectivity index (χ1v) is 6.05. The first kappa shape index (κ1) is 49.5. The van der Waals surface area contributed by atoms with Gasteiger partial charge in [0.15, 0.2) is 0 Å². The van der Waals surface area contributed by atoms with Gasteiger partial charge < -0.3 is 64.0 Å². The SMILES string of the molecule is NCCCNCCCN.O.O.O.O.O.O=C([O-])CCCC(=O)[O-].[Cu+2]. The van der Waals surface area contributed by atoms with Gasteiger partial charge in [-0.1, -0.05) is 0 Å². The third kappa shape index (κ3) is 69.1. The molecular formula is C11H33CuN3O9. The Morgan fingerprint density at radius 3 is 1.21 bits per heavy atom. The van der Waals surface area contributed by atoms with Crippen molar-refractivity contribution < 1.29 is 64.3 Å². The maximum absolute atomic E-state index is 9.66. The Labute approximate surface area is 152 Å². The Bertz CT molecular complexity index is 207. The molecule has 12 nitrogen and oxygen atoms in total. The van der Waals surface area contributed by atoms with Crippen LogP contribution in [0.1, 0.15) is 32.1 Å². The Balaban J connectivity index is -0.0000000284. The van der Waals surface area contributed by atoms with Gasteiger partial charge >= 0.3 is 17.1 Å². The standard InChI is InChI=1S/C6H17N3.C5H8O4.Cu.5H2O/c7-3-1-5-9-6-2-4-8;6-4(7)2-1-3-5(8)9;;;;;;/h9H,1-8H2;1-3H2,(H,6,7)(H,8,9);;5*1H2/q;;+2;;;;;/p-2. The van der Waals surface area contributed by atoms with Crippen molar-refractivity contribution in [2.24, 2.45) is 11.5 Å². The number of carboxylic acids is 2. The molecule has 0 spiro atoms. The zero-order valence-electron chi connectivity index (χ0n) is 13.5. The van der Waals surface area contributed by atoms with Gasteiger partial charge in [0.25, 0.3) is 0 Å². The minimum Gasteiger partial charge on any atom is -0.550 e. The van der Waals surface area contributed by atoms with Crippen LogP contribution in [0.5, 0.6) is 0 Å². The number of carbonyl (C=O) groups is 2. The van der Waals surface area contributed by atoms with E-state index in [0.717, 1.165) is 39.0 Å². The Morgan fingerprint density at radius 2 is 1.00 bits per heavy atom. The summed E-state index contributed by atoms with van der Waals surface area (Å²) >= 11 is 0. The topological polar surface area (TPSA) is 302 Å². The fourth-order valence-corrected chi connectivity index (χ4v) is 0.956. The van der Waals surface area contributed by atoms with Crippen LogP contribution in [-0.2, 0) is 26.7 Å². The molecule has 0 amide bonds. The summed E-state index contributed by atoms with van der Waals surface area (Å²) in [7, 11) is 0. The van der Waals surface area contributed by atoms with E-state index in [9.17, 15) is 19.8 Å². The first-order valence-electron chi connectivity index (χ1n) is 6.05.